The van der Waals surface area contributed by atoms with E-state index in [4.69, 9.17) is 0 Å². The number of hydrogen-bond donors (Lipinski definition) is 1. The van der Waals surface area contributed by atoms with Crippen LogP contribution < -0.4 is 10.2 Å². The number of benzene rings is 1. The molecule has 5 heteroatoms. The first-order chi connectivity index (χ1) is 10.7. The summed E-state index contributed by atoms with van der Waals surface area (Å²) in [6.07, 6.45) is 6.83. The van der Waals surface area contributed by atoms with Crippen LogP contribution in [0.3, 0.4) is 0 Å². The highest BCUT2D eigenvalue weighted by Gasteiger charge is 2.14. The predicted molar refractivity (Wildman–Crippen MR) is 87.2 cm³/mol. The molecule has 1 fully saturated rings. The van der Waals surface area contributed by atoms with E-state index in [1.807, 2.05) is 31.2 Å². The first-order valence-electron chi connectivity index (χ1n) is 7.67. The predicted octanol–water partition coefficient (Wildman–Crippen LogP) is 3.03. The molecule has 1 N–H and O–H groups in total. The fourth-order valence-electron chi connectivity index (χ4n) is 2.62. The van der Waals surface area contributed by atoms with Gasteiger partial charge in [-0.05, 0) is 43.9 Å². The fourth-order valence-corrected chi connectivity index (χ4v) is 2.62. The number of anilines is 2. The molecule has 1 saturated heterocycles. The molecule has 2 aromatic rings. The molecule has 0 spiro atoms. The highest BCUT2D eigenvalue weighted by molar-refractivity contribution is 6.03. The minimum Gasteiger partial charge on any atom is -0.341 e. The Labute approximate surface area is 130 Å². The molecule has 2 heterocycles. The van der Waals surface area contributed by atoms with Gasteiger partial charge in [-0.2, -0.15) is 0 Å². The number of nitrogens with zero attached hydrogens (tertiary/aromatic N) is 3. The highest BCUT2D eigenvalue weighted by atomic mass is 16.1. The summed E-state index contributed by atoms with van der Waals surface area (Å²) < 4.78 is 0. The van der Waals surface area contributed by atoms with Crippen molar-refractivity contribution < 1.29 is 4.79 Å². The number of nitrogens with one attached hydrogen (secondary N) is 1. The average Bonchev–Trinajstić information content (AvgIpc) is 2.56. The molecule has 0 aliphatic carbocycles. The largest absolute Gasteiger partial charge is 0.341 e. The van der Waals surface area contributed by atoms with Crippen molar-refractivity contribution in [3.63, 3.8) is 0 Å². The number of carbonyl (C=O) groups excluding carboxylic acids is 1. The lowest BCUT2D eigenvalue weighted by Gasteiger charge is -2.26. The van der Waals surface area contributed by atoms with E-state index in [1.54, 1.807) is 12.4 Å². The van der Waals surface area contributed by atoms with Crippen LogP contribution >= 0.6 is 0 Å². The molecule has 5 nitrogen and oxygen atoms in total. The Morgan fingerprint density at radius 1 is 1.14 bits per heavy atom. The number of carbonyl (C=O) groups is 1. The summed E-state index contributed by atoms with van der Waals surface area (Å²) in [5.74, 6) is 0.530. The van der Waals surface area contributed by atoms with E-state index in [2.05, 4.69) is 20.2 Å². The van der Waals surface area contributed by atoms with Crippen molar-refractivity contribution in [3.8, 4) is 0 Å². The molecule has 1 aliphatic rings. The number of piperidine rings is 1. The molecule has 114 valence electrons. The molecular weight excluding hydrogens is 276 g/mol. The Morgan fingerprint density at radius 2 is 1.86 bits per heavy atom. The van der Waals surface area contributed by atoms with E-state index >= 15 is 0 Å². The quantitative estimate of drug-likeness (QED) is 0.946. The Kier molecular flexibility index (Phi) is 4.32. The van der Waals surface area contributed by atoms with E-state index in [1.165, 1.54) is 19.3 Å². The Hall–Kier alpha value is -2.43. The van der Waals surface area contributed by atoms with Crippen molar-refractivity contribution in [2.45, 2.75) is 26.2 Å². The lowest BCUT2D eigenvalue weighted by molar-refractivity contribution is 0.102. The van der Waals surface area contributed by atoms with Crippen LogP contribution in [-0.2, 0) is 0 Å². The van der Waals surface area contributed by atoms with Gasteiger partial charge in [-0.25, -0.2) is 9.97 Å². The third-order valence-electron chi connectivity index (χ3n) is 3.82. The number of hydrogen-bond acceptors (Lipinski definition) is 4. The Balaban J connectivity index is 1.68. The van der Waals surface area contributed by atoms with Crippen molar-refractivity contribution >= 4 is 17.5 Å². The monoisotopic (exact) mass is 296 g/mol. The van der Waals surface area contributed by atoms with Crippen molar-refractivity contribution in [2.75, 3.05) is 23.3 Å². The van der Waals surface area contributed by atoms with Gasteiger partial charge in [0.1, 0.15) is 0 Å². The van der Waals surface area contributed by atoms with Crippen molar-refractivity contribution in [3.05, 3.63) is 47.8 Å². The Bertz CT molecular complexity index is 648. The molecule has 1 aromatic heterocycles. The van der Waals surface area contributed by atoms with Crippen LogP contribution in [0.5, 0.6) is 0 Å². The molecule has 0 unspecified atom stereocenters. The Morgan fingerprint density at radius 3 is 2.55 bits per heavy atom. The second-order valence-corrected chi connectivity index (χ2v) is 5.64. The smallest absolute Gasteiger partial charge is 0.258 e. The topological polar surface area (TPSA) is 58.1 Å². The molecule has 1 amide bonds. The zero-order valence-electron chi connectivity index (χ0n) is 12.7. The fraction of sp³-hybridized carbons (Fsp3) is 0.353. The van der Waals surface area contributed by atoms with Crippen molar-refractivity contribution in [2.24, 2.45) is 0 Å². The second-order valence-electron chi connectivity index (χ2n) is 5.64. The summed E-state index contributed by atoms with van der Waals surface area (Å²) in [5, 5.41) is 2.87. The summed E-state index contributed by atoms with van der Waals surface area (Å²) in [6, 6.07) is 7.71. The zero-order valence-corrected chi connectivity index (χ0v) is 12.7. The highest BCUT2D eigenvalue weighted by Crippen LogP contribution is 2.16. The van der Waals surface area contributed by atoms with Crippen LogP contribution in [0.25, 0.3) is 0 Å². The standard InChI is InChI=1S/C17H20N4O/c1-13-6-5-7-15(10-13)20-16(22)14-11-18-17(19-12-14)21-8-3-2-4-9-21/h5-7,10-12H,2-4,8-9H2,1H3,(H,20,22). The molecule has 1 aliphatic heterocycles. The molecule has 0 radical (unpaired) electrons. The third-order valence-corrected chi connectivity index (χ3v) is 3.82. The summed E-state index contributed by atoms with van der Waals surface area (Å²) in [6.45, 7) is 3.98. The maximum Gasteiger partial charge on any atom is 0.258 e. The number of amides is 1. The maximum atomic E-state index is 12.2. The van der Waals surface area contributed by atoms with Crippen LogP contribution in [0, 0.1) is 6.92 Å². The minimum atomic E-state index is -0.184. The van der Waals surface area contributed by atoms with E-state index in [0.29, 0.717) is 11.5 Å². The van der Waals surface area contributed by atoms with Gasteiger partial charge in [0.25, 0.3) is 5.91 Å². The van der Waals surface area contributed by atoms with Crippen molar-refractivity contribution in [1.82, 2.24) is 9.97 Å². The zero-order chi connectivity index (χ0) is 15.4. The van der Waals surface area contributed by atoms with Crippen LogP contribution in [0.4, 0.5) is 11.6 Å². The van der Waals surface area contributed by atoms with Gasteiger partial charge < -0.3 is 10.2 Å². The molecule has 22 heavy (non-hydrogen) atoms. The lowest BCUT2D eigenvalue weighted by atomic mass is 10.1. The normalized spacial score (nSPS) is 14.7. The number of aryl methyl sites for hydroxylation is 1. The van der Waals surface area contributed by atoms with E-state index in [9.17, 15) is 4.79 Å². The number of rotatable bonds is 3. The van der Waals surface area contributed by atoms with Crippen LogP contribution in [0.2, 0.25) is 0 Å². The summed E-state index contributed by atoms with van der Waals surface area (Å²) in [7, 11) is 0. The average molecular weight is 296 g/mol. The number of aromatic nitrogens is 2. The summed E-state index contributed by atoms with van der Waals surface area (Å²) in [5.41, 5.74) is 2.36. The first-order valence-corrected chi connectivity index (χ1v) is 7.67. The van der Waals surface area contributed by atoms with Gasteiger partial charge in [0.2, 0.25) is 5.95 Å². The van der Waals surface area contributed by atoms with Gasteiger partial charge in [-0.1, -0.05) is 12.1 Å². The molecular formula is C17H20N4O. The van der Waals surface area contributed by atoms with Gasteiger partial charge in [-0.3, -0.25) is 4.79 Å². The lowest BCUT2D eigenvalue weighted by Crippen LogP contribution is -2.31. The summed E-state index contributed by atoms with van der Waals surface area (Å²) >= 11 is 0. The van der Waals surface area contributed by atoms with Gasteiger partial charge in [0, 0.05) is 31.2 Å². The summed E-state index contributed by atoms with van der Waals surface area (Å²) in [4.78, 5) is 23.1. The molecule has 1 aromatic carbocycles. The van der Waals surface area contributed by atoms with E-state index < -0.39 is 0 Å². The SMILES string of the molecule is Cc1cccc(NC(=O)c2cnc(N3CCCCC3)nc2)c1. The van der Waals surface area contributed by atoms with Crippen LogP contribution in [0.15, 0.2) is 36.7 Å². The molecule has 3 rings (SSSR count). The van der Waals surface area contributed by atoms with Crippen LogP contribution in [0.1, 0.15) is 35.2 Å². The minimum absolute atomic E-state index is 0.184. The first kappa shape index (κ1) is 14.5. The molecule has 0 bridgehead atoms. The van der Waals surface area contributed by atoms with Crippen molar-refractivity contribution in [1.29, 1.82) is 0 Å². The van der Waals surface area contributed by atoms with E-state index in [0.717, 1.165) is 24.3 Å². The van der Waals surface area contributed by atoms with Gasteiger partial charge >= 0.3 is 0 Å². The third kappa shape index (κ3) is 3.42. The second kappa shape index (κ2) is 6.56. The van der Waals surface area contributed by atoms with Gasteiger partial charge in [-0.15, -0.1) is 0 Å². The van der Waals surface area contributed by atoms with Crippen LogP contribution in [-0.4, -0.2) is 29.0 Å². The maximum absolute atomic E-state index is 12.2. The van der Waals surface area contributed by atoms with E-state index in [-0.39, 0.29) is 5.91 Å². The van der Waals surface area contributed by atoms with Gasteiger partial charge in [0.05, 0.1) is 5.56 Å². The molecule has 0 atom stereocenters. The van der Waals surface area contributed by atoms with Gasteiger partial charge in [0.15, 0.2) is 0 Å². The molecule has 0 saturated carbocycles.